The molecular weight excluding hydrogens is 477 g/mol. The quantitative estimate of drug-likeness (QED) is 0.208. The highest BCUT2D eigenvalue weighted by Gasteiger charge is 2.34. The summed E-state index contributed by atoms with van der Waals surface area (Å²) in [5, 5.41) is 18.9. The number of alkyl halides is 3. The summed E-state index contributed by atoms with van der Waals surface area (Å²) >= 11 is 6.97. The predicted molar refractivity (Wildman–Crippen MR) is 123 cm³/mol. The second kappa shape index (κ2) is 9.40. The van der Waals surface area contributed by atoms with Gasteiger partial charge in [-0.25, -0.2) is 9.78 Å². The molecule has 0 aliphatic carbocycles. The summed E-state index contributed by atoms with van der Waals surface area (Å²) in [4.78, 5) is 16.3. The number of anilines is 1. The van der Waals surface area contributed by atoms with Crippen LogP contribution in [-0.4, -0.2) is 21.9 Å². The van der Waals surface area contributed by atoms with Crippen molar-refractivity contribution in [2.45, 2.75) is 32.5 Å². The van der Waals surface area contributed by atoms with Gasteiger partial charge < -0.3 is 15.8 Å². The Morgan fingerprint density at radius 3 is 2.55 bits per heavy atom. The highest BCUT2D eigenvalue weighted by Crippen LogP contribution is 2.37. The smallest absolute Gasteiger partial charge is 0.411 e. The summed E-state index contributed by atoms with van der Waals surface area (Å²) in [6.45, 7) is 5.27. The van der Waals surface area contributed by atoms with E-state index in [-0.39, 0.29) is 15.6 Å². The number of oxime groups is 1. The standard InChI is InChI=1S/C22H20ClF3N4O2S/c1-12(30-32)13-5-4-6-14(9-13)21(2,3)29-20(31)27-15-7-8-17(23)16(10-15)19-28-18(11-33-19)22(24,25)26/h4-11,32H,1-3H3,(H2,27,29,31)/b30-12+. The number of carbonyl (C=O) groups excluding carboxylic acids is 1. The number of thiazole rings is 1. The van der Waals surface area contributed by atoms with Crippen LogP contribution in [0.2, 0.25) is 5.02 Å². The van der Waals surface area contributed by atoms with Crippen LogP contribution < -0.4 is 10.6 Å². The number of hydrogen-bond donors (Lipinski definition) is 3. The number of halogens is 4. The predicted octanol–water partition coefficient (Wildman–Crippen LogP) is 6.74. The fraction of sp³-hybridized carbons (Fsp3) is 0.227. The number of rotatable bonds is 5. The Kier molecular flexibility index (Phi) is 6.99. The van der Waals surface area contributed by atoms with Gasteiger partial charge in [0.2, 0.25) is 0 Å². The zero-order valence-corrected chi connectivity index (χ0v) is 19.4. The van der Waals surface area contributed by atoms with Crippen LogP contribution in [0.15, 0.2) is 53.0 Å². The maximum Gasteiger partial charge on any atom is 0.434 e. The number of nitrogens with one attached hydrogen (secondary N) is 2. The SMILES string of the molecule is C/C(=N\O)c1cccc(C(C)(C)NC(=O)Nc2ccc(Cl)c(-c3nc(C(F)(F)F)cs3)c2)c1. The van der Waals surface area contributed by atoms with E-state index in [1.54, 1.807) is 45.0 Å². The van der Waals surface area contributed by atoms with Crippen LogP contribution in [0.1, 0.15) is 37.6 Å². The average molecular weight is 497 g/mol. The van der Waals surface area contributed by atoms with Gasteiger partial charge in [0.1, 0.15) is 5.01 Å². The van der Waals surface area contributed by atoms with E-state index in [1.165, 1.54) is 12.1 Å². The topological polar surface area (TPSA) is 86.6 Å². The molecule has 3 N–H and O–H groups in total. The van der Waals surface area contributed by atoms with Crippen LogP contribution >= 0.6 is 22.9 Å². The third kappa shape index (κ3) is 5.82. The van der Waals surface area contributed by atoms with E-state index in [9.17, 15) is 18.0 Å². The second-order valence-electron chi connectivity index (χ2n) is 7.70. The Morgan fingerprint density at radius 2 is 1.91 bits per heavy atom. The third-order valence-electron chi connectivity index (χ3n) is 4.83. The van der Waals surface area contributed by atoms with Crippen LogP contribution in [-0.2, 0) is 11.7 Å². The summed E-state index contributed by atoms with van der Waals surface area (Å²) in [5.41, 5.74) is 0.736. The molecule has 3 rings (SSSR count). The summed E-state index contributed by atoms with van der Waals surface area (Å²) in [6.07, 6.45) is -4.55. The van der Waals surface area contributed by atoms with Crippen molar-refractivity contribution < 1.29 is 23.2 Å². The van der Waals surface area contributed by atoms with Crippen molar-refractivity contribution in [3.8, 4) is 10.6 Å². The van der Waals surface area contributed by atoms with E-state index in [1.807, 2.05) is 6.07 Å². The molecule has 2 amide bonds. The van der Waals surface area contributed by atoms with Crippen molar-refractivity contribution in [2.24, 2.45) is 5.16 Å². The van der Waals surface area contributed by atoms with Crippen molar-refractivity contribution in [2.75, 3.05) is 5.32 Å². The van der Waals surface area contributed by atoms with E-state index in [0.717, 1.165) is 22.3 Å². The third-order valence-corrected chi connectivity index (χ3v) is 6.03. The molecule has 0 saturated carbocycles. The van der Waals surface area contributed by atoms with Gasteiger partial charge in [-0.05, 0) is 56.2 Å². The lowest BCUT2D eigenvalue weighted by molar-refractivity contribution is -0.140. The van der Waals surface area contributed by atoms with Crippen LogP contribution in [0.4, 0.5) is 23.7 Å². The van der Waals surface area contributed by atoms with Gasteiger partial charge in [0.05, 0.1) is 16.3 Å². The molecular formula is C22H20ClF3N4O2S. The van der Waals surface area contributed by atoms with Crippen LogP contribution in [0.3, 0.4) is 0 Å². The minimum Gasteiger partial charge on any atom is -0.411 e. The molecule has 0 saturated heterocycles. The van der Waals surface area contributed by atoms with Crippen molar-refractivity contribution in [1.29, 1.82) is 0 Å². The molecule has 0 unspecified atom stereocenters. The van der Waals surface area contributed by atoms with Gasteiger partial charge in [-0.1, -0.05) is 35.0 Å². The molecule has 1 heterocycles. The molecule has 0 radical (unpaired) electrons. The monoisotopic (exact) mass is 496 g/mol. The number of carbonyl (C=O) groups is 1. The van der Waals surface area contributed by atoms with Crippen LogP contribution in [0.25, 0.3) is 10.6 Å². The minimum atomic E-state index is -4.55. The van der Waals surface area contributed by atoms with E-state index in [0.29, 0.717) is 17.0 Å². The normalized spacial score (nSPS) is 12.5. The van der Waals surface area contributed by atoms with E-state index in [4.69, 9.17) is 16.8 Å². The van der Waals surface area contributed by atoms with Crippen LogP contribution in [0, 0.1) is 0 Å². The lowest BCUT2D eigenvalue weighted by atomic mass is 9.92. The largest absolute Gasteiger partial charge is 0.434 e. The zero-order valence-electron chi connectivity index (χ0n) is 17.8. The highest BCUT2D eigenvalue weighted by molar-refractivity contribution is 7.13. The number of aromatic nitrogens is 1. The number of urea groups is 1. The second-order valence-corrected chi connectivity index (χ2v) is 8.97. The Labute approximate surface area is 197 Å². The molecule has 1 aromatic heterocycles. The number of benzene rings is 2. The molecule has 3 aromatic rings. The van der Waals surface area contributed by atoms with Crippen molar-refractivity contribution in [1.82, 2.24) is 10.3 Å². The Hall–Kier alpha value is -3.11. The first-order valence-electron chi connectivity index (χ1n) is 9.62. The number of amides is 2. The molecule has 0 fully saturated rings. The first kappa shape index (κ1) is 24.5. The van der Waals surface area contributed by atoms with Crippen molar-refractivity contribution in [3.05, 3.63) is 69.7 Å². The fourth-order valence-electron chi connectivity index (χ4n) is 3.00. The Balaban J connectivity index is 1.78. The lowest BCUT2D eigenvalue weighted by Gasteiger charge is -2.27. The molecule has 6 nitrogen and oxygen atoms in total. The lowest BCUT2D eigenvalue weighted by Crippen LogP contribution is -2.43. The summed E-state index contributed by atoms with van der Waals surface area (Å²) < 4.78 is 38.6. The van der Waals surface area contributed by atoms with Gasteiger partial charge >= 0.3 is 12.2 Å². The van der Waals surface area contributed by atoms with Crippen molar-refractivity contribution in [3.63, 3.8) is 0 Å². The summed E-state index contributed by atoms with van der Waals surface area (Å²) in [7, 11) is 0. The summed E-state index contributed by atoms with van der Waals surface area (Å²) in [6, 6.07) is 11.2. The Bertz CT molecular complexity index is 1210. The maximum absolute atomic E-state index is 12.9. The van der Waals surface area contributed by atoms with Crippen LogP contribution in [0.5, 0.6) is 0 Å². The van der Waals surface area contributed by atoms with Gasteiger partial charge in [0.15, 0.2) is 5.69 Å². The molecule has 11 heteroatoms. The van der Waals surface area contributed by atoms with Gasteiger partial charge in [-0.2, -0.15) is 13.2 Å². The van der Waals surface area contributed by atoms with Gasteiger partial charge in [-0.15, -0.1) is 11.3 Å². The van der Waals surface area contributed by atoms with Gasteiger partial charge in [0, 0.05) is 16.6 Å². The van der Waals surface area contributed by atoms with E-state index < -0.39 is 23.4 Å². The zero-order chi connectivity index (χ0) is 24.4. The molecule has 174 valence electrons. The first-order chi connectivity index (χ1) is 15.4. The van der Waals surface area contributed by atoms with Gasteiger partial charge in [0.25, 0.3) is 0 Å². The fourth-order valence-corrected chi connectivity index (χ4v) is 4.12. The maximum atomic E-state index is 12.9. The van der Waals surface area contributed by atoms with Gasteiger partial charge in [-0.3, -0.25) is 0 Å². The highest BCUT2D eigenvalue weighted by atomic mass is 35.5. The minimum absolute atomic E-state index is 0.0921. The molecule has 0 atom stereocenters. The summed E-state index contributed by atoms with van der Waals surface area (Å²) in [5.74, 6) is 0. The molecule has 33 heavy (non-hydrogen) atoms. The van der Waals surface area contributed by atoms with Crippen molar-refractivity contribution >= 4 is 40.4 Å². The number of nitrogens with zero attached hydrogens (tertiary/aromatic N) is 2. The molecule has 0 aliphatic rings. The molecule has 0 aliphatic heterocycles. The van der Waals surface area contributed by atoms with E-state index >= 15 is 0 Å². The Morgan fingerprint density at radius 1 is 1.18 bits per heavy atom. The molecule has 0 bridgehead atoms. The van der Waals surface area contributed by atoms with E-state index in [2.05, 4.69) is 20.8 Å². The molecule has 0 spiro atoms. The number of hydrogen-bond acceptors (Lipinski definition) is 5. The first-order valence-corrected chi connectivity index (χ1v) is 10.9. The average Bonchev–Trinajstić information content (AvgIpc) is 3.25. The molecule has 2 aromatic carbocycles.